The predicted octanol–water partition coefficient (Wildman–Crippen LogP) is 2.79. The fraction of sp³-hybridized carbons (Fsp3) is 0.500. The Balaban J connectivity index is 1.73. The topological polar surface area (TPSA) is 38.3 Å². The van der Waals surface area contributed by atoms with Gasteiger partial charge in [-0.3, -0.25) is 4.79 Å². The Morgan fingerprint density at radius 3 is 3.11 bits per heavy atom. The summed E-state index contributed by atoms with van der Waals surface area (Å²) in [5, 5.41) is 3.86. The van der Waals surface area contributed by atoms with E-state index in [-0.39, 0.29) is 11.8 Å². The van der Waals surface area contributed by atoms with Gasteiger partial charge in [0.2, 0.25) is 5.91 Å². The van der Waals surface area contributed by atoms with Crippen molar-refractivity contribution in [2.45, 2.75) is 17.2 Å². The molecule has 3 nitrogen and oxygen atoms in total. The minimum Gasteiger partial charge on any atom is -0.381 e. The van der Waals surface area contributed by atoms with Gasteiger partial charge in [0.25, 0.3) is 0 Å². The number of thioether (sulfide) groups is 1. The molecule has 104 valence electrons. The summed E-state index contributed by atoms with van der Waals surface area (Å²) in [5.41, 5.74) is 1.17. The van der Waals surface area contributed by atoms with E-state index in [9.17, 15) is 4.79 Å². The van der Waals surface area contributed by atoms with Crippen LogP contribution in [0.2, 0.25) is 0 Å². The van der Waals surface area contributed by atoms with E-state index in [1.165, 1.54) is 10.5 Å². The second-order valence-electron chi connectivity index (χ2n) is 4.35. The van der Waals surface area contributed by atoms with Crippen molar-refractivity contribution in [2.24, 2.45) is 0 Å². The molecule has 1 aliphatic rings. The molecular formula is C14H18BrNO2S. The third-order valence-electron chi connectivity index (χ3n) is 3.00. The molecule has 0 fully saturated rings. The van der Waals surface area contributed by atoms with Gasteiger partial charge < -0.3 is 10.1 Å². The smallest absolute Gasteiger partial charge is 0.228 e. The third kappa shape index (κ3) is 4.23. The Hall–Kier alpha value is -0.520. The van der Waals surface area contributed by atoms with Crippen LogP contribution in [0.5, 0.6) is 0 Å². The first-order valence-electron chi connectivity index (χ1n) is 6.46. The predicted molar refractivity (Wildman–Crippen MR) is 82.1 cm³/mol. The molecule has 0 radical (unpaired) electrons. The molecule has 0 spiro atoms. The van der Waals surface area contributed by atoms with Gasteiger partial charge in [-0.1, -0.05) is 34.1 Å². The molecule has 1 unspecified atom stereocenters. The zero-order chi connectivity index (χ0) is 13.5. The largest absolute Gasteiger partial charge is 0.381 e. The maximum absolute atomic E-state index is 12.1. The number of ether oxygens (including phenoxy) is 1. The van der Waals surface area contributed by atoms with E-state index in [2.05, 4.69) is 33.4 Å². The Labute approximate surface area is 126 Å². The highest BCUT2D eigenvalue weighted by Crippen LogP contribution is 2.39. The maximum atomic E-state index is 12.1. The van der Waals surface area contributed by atoms with Gasteiger partial charge in [0, 0.05) is 29.1 Å². The molecule has 1 amide bonds. The average molecular weight is 344 g/mol. The number of carbonyl (C=O) groups excluding carboxylic acids is 1. The summed E-state index contributed by atoms with van der Waals surface area (Å²) in [6, 6.07) is 8.16. The normalized spacial score (nSPS) is 17.2. The first-order valence-corrected chi connectivity index (χ1v) is 8.57. The van der Waals surface area contributed by atoms with Crippen LogP contribution in [0.4, 0.5) is 0 Å². The zero-order valence-electron chi connectivity index (χ0n) is 10.7. The SMILES string of the molecule is O=C(NCCCOCCBr)C1CSc2ccccc21. The summed E-state index contributed by atoms with van der Waals surface area (Å²) >= 11 is 5.07. The molecule has 1 aromatic carbocycles. The molecule has 1 aliphatic heterocycles. The first-order chi connectivity index (χ1) is 9.33. The second-order valence-corrected chi connectivity index (χ2v) is 6.20. The third-order valence-corrected chi connectivity index (χ3v) is 4.51. The van der Waals surface area contributed by atoms with Gasteiger partial charge in [0.1, 0.15) is 0 Å². The van der Waals surface area contributed by atoms with E-state index in [1.54, 1.807) is 11.8 Å². The molecule has 2 rings (SSSR count). The Kier molecular flexibility index (Phi) is 6.20. The van der Waals surface area contributed by atoms with E-state index in [0.29, 0.717) is 13.2 Å². The van der Waals surface area contributed by atoms with Gasteiger partial charge in [0.05, 0.1) is 12.5 Å². The van der Waals surface area contributed by atoms with Crippen LogP contribution < -0.4 is 5.32 Å². The Morgan fingerprint density at radius 2 is 2.26 bits per heavy atom. The maximum Gasteiger partial charge on any atom is 0.228 e. The molecule has 0 saturated carbocycles. The van der Waals surface area contributed by atoms with E-state index >= 15 is 0 Å². The first kappa shape index (κ1) is 14.9. The lowest BCUT2D eigenvalue weighted by Gasteiger charge is -2.11. The number of benzene rings is 1. The summed E-state index contributed by atoms with van der Waals surface area (Å²) < 4.78 is 5.34. The standard InChI is InChI=1S/C14H18BrNO2S/c15-6-9-18-8-3-7-16-14(17)12-10-19-13-5-2-1-4-11(12)13/h1-2,4-5,12H,3,6-10H2,(H,16,17). The van der Waals surface area contributed by atoms with Crippen molar-refractivity contribution in [1.29, 1.82) is 0 Å². The molecule has 0 saturated heterocycles. The Bertz CT molecular complexity index is 428. The van der Waals surface area contributed by atoms with Gasteiger partial charge in [-0.25, -0.2) is 0 Å². The number of amides is 1. The van der Waals surface area contributed by atoms with Crippen molar-refractivity contribution in [3.8, 4) is 0 Å². The van der Waals surface area contributed by atoms with Gasteiger partial charge in [-0.2, -0.15) is 0 Å². The van der Waals surface area contributed by atoms with Gasteiger partial charge in [0.15, 0.2) is 0 Å². The van der Waals surface area contributed by atoms with Gasteiger partial charge in [-0.05, 0) is 18.1 Å². The van der Waals surface area contributed by atoms with Crippen LogP contribution in [0.15, 0.2) is 29.2 Å². The van der Waals surface area contributed by atoms with Crippen LogP contribution >= 0.6 is 27.7 Å². The number of alkyl halides is 1. The van der Waals surface area contributed by atoms with Crippen molar-refractivity contribution in [2.75, 3.05) is 30.8 Å². The van der Waals surface area contributed by atoms with E-state index in [4.69, 9.17) is 4.74 Å². The van der Waals surface area contributed by atoms with Gasteiger partial charge in [-0.15, -0.1) is 11.8 Å². The lowest BCUT2D eigenvalue weighted by atomic mass is 10.0. The fourth-order valence-electron chi connectivity index (χ4n) is 2.05. The van der Waals surface area contributed by atoms with Crippen LogP contribution in [0.3, 0.4) is 0 Å². The molecular weight excluding hydrogens is 326 g/mol. The number of nitrogens with one attached hydrogen (secondary N) is 1. The highest BCUT2D eigenvalue weighted by atomic mass is 79.9. The van der Waals surface area contributed by atoms with Gasteiger partial charge >= 0.3 is 0 Å². The monoisotopic (exact) mass is 343 g/mol. The van der Waals surface area contributed by atoms with Crippen molar-refractivity contribution in [3.05, 3.63) is 29.8 Å². The molecule has 1 N–H and O–H groups in total. The minimum absolute atomic E-state index is 0.00431. The highest BCUT2D eigenvalue weighted by molar-refractivity contribution is 9.09. The van der Waals surface area contributed by atoms with Crippen molar-refractivity contribution >= 4 is 33.6 Å². The number of carbonyl (C=O) groups is 1. The molecule has 1 aromatic rings. The number of fused-ring (bicyclic) bond motifs is 1. The molecule has 0 aliphatic carbocycles. The average Bonchev–Trinajstić information content (AvgIpc) is 2.86. The highest BCUT2D eigenvalue weighted by Gasteiger charge is 2.28. The van der Waals surface area contributed by atoms with Crippen LogP contribution in [-0.2, 0) is 9.53 Å². The van der Waals surface area contributed by atoms with Crippen molar-refractivity contribution in [1.82, 2.24) is 5.32 Å². The van der Waals surface area contributed by atoms with Crippen LogP contribution in [-0.4, -0.2) is 36.7 Å². The van der Waals surface area contributed by atoms with Crippen LogP contribution in [0.1, 0.15) is 17.9 Å². The molecule has 0 bridgehead atoms. The number of hydrogen-bond donors (Lipinski definition) is 1. The molecule has 19 heavy (non-hydrogen) atoms. The van der Waals surface area contributed by atoms with E-state index < -0.39 is 0 Å². The minimum atomic E-state index is 0.00431. The van der Waals surface area contributed by atoms with Crippen LogP contribution in [0, 0.1) is 0 Å². The summed E-state index contributed by atoms with van der Waals surface area (Å²) in [5.74, 6) is 0.994. The zero-order valence-corrected chi connectivity index (χ0v) is 13.1. The quantitative estimate of drug-likeness (QED) is 0.611. The van der Waals surface area contributed by atoms with E-state index in [1.807, 2.05) is 12.1 Å². The van der Waals surface area contributed by atoms with Crippen LogP contribution in [0.25, 0.3) is 0 Å². The van der Waals surface area contributed by atoms with Crippen molar-refractivity contribution < 1.29 is 9.53 Å². The molecule has 5 heteroatoms. The lowest BCUT2D eigenvalue weighted by molar-refractivity contribution is -0.122. The summed E-state index contributed by atoms with van der Waals surface area (Å²) in [4.78, 5) is 13.4. The molecule has 1 heterocycles. The number of halogens is 1. The number of rotatable bonds is 7. The Morgan fingerprint density at radius 1 is 1.42 bits per heavy atom. The molecule has 1 atom stereocenters. The summed E-state index contributed by atoms with van der Waals surface area (Å²) in [6.07, 6.45) is 0.861. The number of hydrogen-bond acceptors (Lipinski definition) is 3. The summed E-state index contributed by atoms with van der Waals surface area (Å²) in [7, 11) is 0. The fourth-order valence-corrected chi connectivity index (χ4v) is 3.50. The molecule has 0 aromatic heterocycles. The van der Waals surface area contributed by atoms with E-state index in [0.717, 1.165) is 24.1 Å². The lowest BCUT2D eigenvalue weighted by Crippen LogP contribution is -2.30. The van der Waals surface area contributed by atoms with Crippen molar-refractivity contribution in [3.63, 3.8) is 0 Å². The summed E-state index contributed by atoms with van der Waals surface area (Å²) in [6.45, 7) is 2.10. The second kappa shape index (κ2) is 7.92.